The summed E-state index contributed by atoms with van der Waals surface area (Å²) in [6.07, 6.45) is 3.95. The number of para-hydroxylation sites is 2. The summed E-state index contributed by atoms with van der Waals surface area (Å²) in [5.41, 5.74) is 0.535. The smallest absolute Gasteiger partial charge is 0.314 e. The predicted octanol–water partition coefficient (Wildman–Crippen LogP) is 2.81. The summed E-state index contributed by atoms with van der Waals surface area (Å²) >= 11 is 0. The van der Waals surface area contributed by atoms with Gasteiger partial charge in [0.25, 0.3) is 0 Å². The molecule has 1 N–H and O–H groups in total. The zero-order valence-electron chi connectivity index (χ0n) is 13.3. The molecule has 1 aromatic rings. The Bertz CT molecular complexity index is 530. The van der Waals surface area contributed by atoms with Crippen LogP contribution < -0.4 is 10.1 Å². The van der Waals surface area contributed by atoms with Gasteiger partial charge in [0.15, 0.2) is 0 Å². The van der Waals surface area contributed by atoms with E-state index in [-0.39, 0.29) is 6.04 Å². The highest BCUT2D eigenvalue weighted by molar-refractivity contribution is 6.39. The first-order valence-corrected chi connectivity index (χ1v) is 8.01. The summed E-state index contributed by atoms with van der Waals surface area (Å²) in [5, 5.41) is 2.68. The topological polar surface area (TPSA) is 58.6 Å². The second-order valence-electron chi connectivity index (χ2n) is 5.44. The van der Waals surface area contributed by atoms with Crippen LogP contribution in [0.25, 0.3) is 0 Å². The minimum atomic E-state index is -0.590. The number of hydrogen-bond donors (Lipinski definition) is 1. The Balaban J connectivity index is 2.06. The third-order valence-electron chi connectivity index (χ3n) is 3.99. The number of rotatable bonds is 4. The van der Waals surface area contributed by atoms with Crippen LogP contribution in [-0.4, -0.2) is 35.9 Å². The second-order valence-corrected chi connectivity index (χ2v) is 5.44. The largest absolute Gasteiger partial charge is 0.492 e. The molecule has 1 aliphatic heterocycles. The van der Waals surface area contributed by atoms with Gasteiger partial charge in [0.05, 0.1) is 12.3 Å². The fraction of sp³-hybridized carbons (Fsp3) is 0.529. The van der Waals surface area contributed by atoms with Gasteiger partial charge in [-0.1, -0.05) is 19.1 Å². The first-order valence-electron chi connectivity index (χ1n) is 8.01. The molecule has 1 aromatic carbocycles. The Hall–Kier alpha value is -2.04. The van der Waals surface area contributed by atoms with E-state index in [9.17, 15) is 9.59 Å². The Kier molecular flexibility index (Phi) is 5.81. The number of benzene rings is 1. The number of anilines is 1. The van der Waals surface area contributed by atoms with Gasteiger partial charge in [-0.15, -0.1) is 0 Å². The van der Waals surface area contributed by atoms with E-state index in [1.165, 1.54) is 0 Å². The van der Waals surface area contributed by atoms with E-state index in [2.05, 4.69) is 12.2 Å². The average molecular weight is 304 g/mol. The number of hydrogen-bond acceptors (Lipinski definition) is 3. The summed E-state index contributed by atoms with van der Waals surface area (Å²) in [7, 11) is 0. The summed E-state index contributed by atoms with van der Waals surface area (Å²) in [5.74, 6) is -0.456. The van der Waals surface area contributed by atoms with Gasteiger partial charge in [0.1, 0.15) is 5.75 Å². The van der Waals surface area contributed by atoms with Crippen molar-refractivity contribution in [2.75, 3.05) is 18.5 Å². The zero-order valence-corrected chi connectivity index (χ0v) is 13.3. The van der Waals surface area contributed by atoms with Gasteiger partial charge >= 0.3 is 11.8 Å². The highest BCUT2D eigenvalue weighted by Crippen LogP contribution is 2.24. The van der Waals surface area contributed by atoms with Gasteiger partial charge < -0.3 is 15.0 Å². The van der Waals surface area contributed by atoms with Gasteiger partial charge in [-0.25, -0.2) is 0 Å². The summed E-state index contributed by atoms with van der Waals surface area (Å²) in [6.45, 7) is 5.10. The van der Waals surface area contributed by atoms with Gasteiger partial charge in [0, 0.05) is 12.6 Å². The number of piperidine rings is 1. The van der Waals surface area contributed by atoms with Gasteiger partial charge in [-0.3, -0.25) is 9.59 Å². The lowest BCUT2D eigenvalue weighted by atomic mass is 10.00. The molecular formula is C17H24N2O3. The molecule has 22 heavy (non-hydrogen) atoms. The van der Waals surface area contributed by atoms with Crippen LogP contribution >= 0.6 is 0 Å². The molecule has 0 aromatic heterocycles. The monoisotopic (exact) mass is 304 g/mol. The molecule has 1 aliphatic rings. The van der Waals surface area contributed by atoms with Crippen LogP contribution in [0.1, 0.15) is 39.5 Å². The van der Waals surface area contributed by atoms with Crippen LogP contribution in [0.15, 0.2) is 24.3 Å². The van der Waals surface area contributed by atoms with Gasteiger partial charge in [-0.05, 0) is 44.7 Å². The van der Waals surface area contributed by atoms with Crippen molar-refractivity contribution in [3.05, 3.63) is 24.3 Å². The molecule has 0 radical (unpaired) electrons. The SMILES string of the molecule is CCOc1ccccc1NC(=O)C(=O)N1CCCCC1CC. The molecule has 0 bridgehead atoms. The normalized spacial score (nSPS) is 17.9. The number of nitrogens with one attached hydrogen (secondary N) is 1. The molecule has 0 spiro atoms. The second kappa shape index (κ2) is 7.82. The first kappa shape index (κ1) is 16.3. The molecule has 120 valence electrons. The van der Waals surface area contributed by atoms with Crippen LogP contribution in [0.2, 0.25) is 0 Å². The number of nitrogens with zero attached hydrogens (tertiary/aromatic N) is 1. The van der Waals surface area contributed by atoms with Crippen molar-refractivity contribution in [3.63, 3.8) is 0 Å². The summed E-state index contributed by atoms with van der Waals surface area (Å²) < 4.78 is 5.47. The Morgan fingerprint density at radius 2 is 2.05 bits per heavy atom. The number of carbonyl (C=O) groups excluding carboxylic acids is 2. The van der Waals surface area contributed by atoms with E-state index in [4.69, 9.17) is 4.74 Å². The molecule has 1 heterocycles. The minimum Gasteiger partial charge on any atom is -0.492 e. The maximum absolute atomic E-state index is 12.4. The van der Waals surface area contributed by atoms with Crippen molar-refractivity contribution < 1.29 is 14.3 Å². The first-order chi connectivity index (χ1) is 10.7. The molecule has 1 unspecified atom stereocenters. The van der Waals surface area contributed by atoms with Crippen LogP contribution in [0.4, 0.5) is 5.69 Å². The molecule has 1 saturated heterocycles. The molecular weight excluding hydrogens is 280 g/mol. The van der Waals surface area contributed by atoms with Crippen molar-refractivity contribution in [1.29, 1.82) is 0 Å². The van der Waals surface area contributed by atoms with Crippen molar-refractivity contribution in [1.82, 2.24) is 4.90 Å². The summed E-state index contributed by atoms with van der Waals surface area (Å²) in [4.78, 5) is 26.4. The Morgan fingerprint density at radius 3 is 2.77 bits per heavy atom. The molecule has 0 saturated carbocycles. The lowest BCUT2D eigenvalue weighted by molar-refractivity contribution is -0.145. The third-order valence-corrected chi connectivity index (χ3v) is 3.99. The van der Waals surface area contributed by atoms with E-state index in [1.807, 2.05) is 13.0 Å². The molecule has 1 atom stereocenters. The predicted molar refractivity (Wildman–Crippen MR) is 85.9 cm³/mol. The standard InChI is InChI=1S/C17H24N2O3/c1-3-13-9-7-8-12-19(13)17(21)16(20)18-14-10-5-6-11-15(14)22-4-2/h5-6,10-11,13H,3-4,7-9,12H2,1-2H3,(H,18,20). The van der Waals surface area contributed by atoms with E-state index in [0.29, 0.717) is 24.6 Å². The van der Waals surface area contributed by atoms with E-state index >= 15 is 0 Å². The van der Waals surface area contributed by atoms with Crippen LogP contribution in [0.3, 0.4) is 0 Å². The van der Waals surface area contributed by atoms with Crippen LogP contribution in [0.5, 0.6) is 5.75 Å². The molecule has 0 aliphatic carbocycles. The molecule has 1 fully saturated rings. The van der Waals surface area contributed by atoms with Crippen molar-refractivity contribution in [3.8, 4) is 5.75 Å². The zero-order chi connectivity index (χ0) is 15.9. The van der Waals surface area contributed by atoms with E-state index in [1.54, 1.807) is 23.1 Å². The lowest BCUT2D eigenvalue weighted by Gasteiger charge is -2.34. The molecule has 5 heteroatoms. The number of likely N-dealkylation sites (tertiary alicyclic amines) is 1. The van der Waals surface area contributed by atoms with Gasteiger partial charge in [0.2, 0.25) is 0 Å². The fourth-order valence-electron chi connectivity index (χ4n) is 2.85. The maximum Gasteiger partial charge on any atom is 0.314 e. The lowest BCUT2D eigenvalue weighted by Crippen LogP contribution is -2.48. The third kappa shape index (κ3) is 3.78. The van der Waals surface area contributed by atoms with Crippen molar-refractivity contribution in [2.45, 2.75) is 45.6 Å². The quantitative estimate of drug-likeness (QED) is 0.870. The Morgan fingerprint density at radius 1 is 1.27 bits per heavy atom. The fourth-order valence-corrected chi connectivity index (χ4v) is 2.85. The average Bonchev–Trinajstić information content (AvgIpc) is 2.56. The van der Waals surface area contributed by atoms with Crippen LogP contribution in [0, 0.1) is 0 Å². The van der Waals surface area contributed by atoms with Gasteiger partial charge in [-0.2, -0.15) is 0 Å². The van der Waals surface area contributed by atoms with E-state index < -0.39 is 11.8 Å². The number of amides is 2. The van der Waals surface area contributed by atoms with Crippen molar-refractivity contribution >= 4 is 17.5 Å². The number of ether oxygens (including phenoxy) is 1. The van der Waals surface area contributed by atoms with Crippen LogP contribution in [-0.2, 0) is 9.59 Å². The maximum atomic E-state index is 12.4. The Labute approximate surface area is 131 Å². The molecule has 2 amide bonds. The highest BCUT2D eigenvalue weighted by atomic mass is 16.5. The van der Waals surface area contributed by atoms with E-state index in [0.717, 1.165) is 25.7 Å². The summed E-state index contributed by atoms with van der Waals surface area (Å²) in [6, 6.07) is 7.33. The number of carbonyl (C=O) groups is 2. The van der Waals surface area contributed by atoms with Crippen molar-refractivity contribution in [2.24, 2.45) is 0 Å². The minimum absolute atomic E-state index is 0.175. The molecule has 2 rings (SSSR count). The highest BCUT2D eigenvalue weighted by Gasteiger charge is 2.29. The molecule has 5 nitrogen and oxygen atoms in total.